The summed E-state index contributed by atoms with van der Waals surface area (Å²) in [6.45, 7) is 3.96. The van der Waals surface area contributed by atoms with Gasteiger partial charge in [-0.3, -0.25) is 19.7 Å². The van der Waals surface area contributed by atoms with Gasteiger partial charge in [-0.1, -0.05) is 0 Å². The first-order chi connectivity index (χ1) is 11.9. The van der Waals surface area contributed by atoms with Gasteiger partial charge in [-0.15, -0.1) is 0 Å². The lowest BCUT2D eigenvalue weighted by Gasteiger charge is -2.08. The Kier molecular flexibility index (Phi) is 5.89. The van der Waals surface area contributed by atoms with Gasteiger partial charge >= 0.3 is 0 Å². The van der Waals surface area contributed by atoms with Crippen LogP contribution in [0.15, 0.2) is 34.9 Å². The summed E-state index contributed by atoms with van der Waals surface area (Å²) >= 11 is 0. The number of nitro groups is 1. The third kappa shape index (κ3) is 4.66. The second-order valence-corrected chi connectivity index (χ2v) is 5.51. The Morgan fingerprint density at radius 2 is 2.00 bits per heavy atom. The van der Waals surface area contributed by atoms with Gasteiger partial charge in [0, 0.05) is 30.3 Å². The lowest BCUT2D eigenvalue weighted by molar-refractivity contribution is -0.384. The number of benzene rings is 1. The van der Waals surface area contributed by atoms with Crippen molar-refractivity contribution in [1.29, 1.82) is 0 Å². The van der Waals surface area contributed by atoms with Crippen molar-refractivity contribution in [2.45, 2.75) is 20.3 Å². The quantitative estimate of drug-likeness (QED) is 0.329. The van der Waals surface area contributed by atoms with Crippen LogP contribution in [0, 0.1) is 17.0 Å². The zero-order valence-electron chi connectivity index (χ0n) is 14.0. The summed E-state index contributed by atoms with van der Waals surface area (Å²) in [7, 11) is 0. The molecular weight excluding hydrogens is 326 g/mol. The molecule has 0 aliphatic carbocycles. The van der Waals surface area contributed by atoms with Crippen LogP contribution in [0.4, 0.5) is 11.4 Å². The van der Waals surface area contributed by atoms with Gasteiger partial charge in [0.05, 0.1) is 11.2 Å². The lowest BCUT2D eigenvalue weighted by Crippen LogP contribution is -2.26. The van der Waals surface area contributed by atoms with Crippen molar-refractivity contribution < 1.29 is 18.9 Å². The standard InChI is InChI=1S/C17H19N3O5/c1-11-6-9-25-16(11)17(22)19-8-3-7-18-14-5-4-13(12(2)21)10-15(14)20(23)24/h4-6,9-10,18H,3,7-8H2,1-2H3,(H,19,22). The lowest BCUT2D eigenvalue weighted by atomic mass is 10.1. The minimum atomic E-state index is -0.532. The zero-order valence-corrected chi connectivity index (χ0v) is 14.0. The maximum absolute atomic E-state index is 11.9. The number of Topliss-reactive ketones (excluding diaryl/α,β-unsaturated/α-hetero) is 1. The fraction of sp³-hybridized carbons (Fsp3) is 0.294. The number of hydrogen-bond donors (Lipinski definition) is 2. The van der Waals surface area contributed by atoms with E-state index in [0.29, 0.717) is 30.8 Å². The Morgan fingerprint density at radius 1 is 1.24 bits per heavy atom. The van der Waals surface area contributed by atoms with Crippen molar-refractivity contribution >= 4 is 23.1 Å². The van der Waals surface area contributed by atoms with Gasteiger partial charge in [-0.25, -0.2) is 0 Å². The fourth-order valence-electron chi connectivity index (χ4n) is 2.25. The number of nitrogens with one attached hydrogen (secondary N) is 2. The number of hydrogen-bond acceptors (Lipinski definition) is 6. The molecule has 1 amide bonds. The highest BCUT2D eigenvalue weighted by molar-refractivity contribution is 5.95. The van der Waals surface area contributed by atoms with Gasteiger partial charge in [0.1, 0.15) is 5.69 Å². The Balaban J connectivity index is 1.85. The highest BCUT2D eigenvalue weighted by Gasteiger charge is 2.16. The third-order valence-electron chi connectivity index (χ3n) is 3.62. The number of furan rings is 1. The van der Waals surface area contributed by atoms with Gasteiger partial charge in [0.2, 0.25) is 0 Å². The first-order valence-corrected chi connectivity index (χ1v) is 7.75. The SMILES string of the molecule is CC(=O)c1ccc(NCCCNC(=O)c2occc2C)c([N+](=O)[O-])c1. The van der Waals surface area contributed by atoms with Crippen LogP contribution >= 0.6 is 0 Å². The van der Waals surface area contributed by atoms with E-state index < -0.39 is 4.92 Å². The number of nitrogens with zero attached hydrogens (tertiary/aromatic N) is 1. The average molecular weight is 345 g/mol. The molecule has 25 heavy (non-hydrogen) atoms. The molecule has 0 fully saturated rings. The van der Waals surface area contributed by atoms with Crippen molar-refractivity contribution in [3.05, 3.63) is 57.5 Å². The number of carbonyl (C=O) groups excluding carboxylic acids is 2. The van der Waals surface area contributed by atoms with E-state index in [-0.39, 0.29) is 23.1 Å². The number of aryl methyl sites for hydroxylation is 1. The number of nitro benzene ring substituents is 1. The maximum Gasteiger partial charge on any atom is 0.293 e. The molecule has 0 saturated carbocycles. The number of carbonyl (C=O) groups is 2. The van der Waals surface area contributed by atoms with Gasteiger partial charge in [0.15, 0.2) is 11.5 Å². The minimum absolute atomic E-state index is 0.150. The maximum atomic E-state index is 11.9. The first-order valence-electron chi connectivity index (χ1n) is 7.75. The van der Waals surface area contributed by atoms with Crippen molar-refractivity contribution in [1.82, 2.24) is 5.32 Å². The molecule has 0 spiro atoms. The Morgan fingerprint density at radius 3 is 2.60 bits per heavy atom. The van der Waals surface area contributed by atoms with Crippen LogP contribution in [0.25, 0.3) is 0 Å². The molecule has 1 aromatic carbocycles. The molecule has 2 rings (SSSR count). The molecule has 132 valence electrons. The largest absolute Gasteiger partial charge is 0.459 e. The Labute approximate surface area is 144 Å². The van der Waals surface area contributed by atoms with Crippen LogP contribution in [-0.4, -0.2) is 29.7 Å². The van der Waals surface area contributed by atoms with E-state index in [1.165, 1.54) is 25.3 Å². The molecule has 0 bridgehead atoms. The summed E-state index contributed by atoms with van der Waals surface area (Å²) in [5.74, 6) is -0.242. The molecule has 0 aliphatic heterocycles. The van der Waals surface area contributed by atoms with E-state index in [0.717, 1.165) is 5.56 Å². The van der Waals surface area contributed by atoms with Gasteiger partial charge < -0.3 is 15.1 Å². The number of amides is 1. The molecule has 0 radical (unpaired) electrons. The molecule has 1 heterocycles. The monoisotopic (exact) mass is 345 g/mol. The number of ketones is 1. The second kappa shape index (κ2) is 8.09. The van der Waals surface area contributed by atoms with Gasteiger partial charge in [-0.2, -0.15) is 0 Å². The Bertz CT molecular complexity index is 797. The van der Waals surface area contributed by atoms with E-state index in [2.05, 4.69) is 10.6 Å². The predicted octanol–water partition coefficient (Wildman–Crippen LogP) is 2.93. The van der Waals surface area contributed by atoms with Crippen molar-refractivity contribution in [2.75, 3.05) is 18.4 Å². The summed E-state index contributed by atoms with van der Waals surface area (Å²) in [5.41, 5.74) is 1.24. The van der Waals surface area contributed by atoms with Crippen LogP contribution in [0.3, 0.4) is 0 Å². The molecule has 0 atom stereocenters. The normalized spacial score (nSPS) is 10.3. The van der Waals surface area contributed by atoms with E-state index >= 15 is 0 Å². The Hall–Kier alpha value is -3.16. The average Bonchev–Trinajstić information content (AvgIpc) is 3.00. The van der Waals surface area contributed by atoms with Crippen molar-refractivity contribution in [3.8, 4) is 0 Å². The summed E-state index contributed by atoms with van der Waals surface area (Å²) in [4.78, 5) is 33.8. The molecule has 2 N–H and O–H groups in total. The topological polar surface area (TPSA) is 114 Å². The summed E-state index contributed by atoms with van der Waals surface area (Å²) < 4.78 is 5.09. The van der Waals surface area contributed by atoms with Crippen LogP contribution in [0.1, 0.15) is 39.8 Å². The van der Waals surface area contributed by atoms with Crippen LogP contribution in [0.5, 0.6) is 0 Å². The predicted molar refractivity (Wildman–Crippen MR) is 92.0 cm³/mol. The molecule has 0 unspecified atom stereocenters. The van der Waals surface area contributed by atoms with E-state index in [1.807, 2.05) is 0 Å². The molecule has 8 nitrogen and oxygen atoms in total. The molecular formula is C17H19N3O5. The van der Waals surface area contributed by atoms with Crippen LogP contribution < -0.4 is 10.6 Å². The third-order valence-corrected chi connectivity index (χ3v) is 3.62. The van der Waals surface area contributed by atoms with E-state index in [4.69, 9.17) is 4.42 Å². The molecule has 0 aliphatic rings. The van der Waals surface area contributed by atoms with E-state index in [9.17, 15) is 19.7 Å². The highest BCUT2D eigenvalue weighted by Crippen LogP contribution is 2.25. The smallest absolute Gasteiger partial charge is 0.293 e. The molecule has 0 saturated heterocycles. The molecule has 1 aromatic heterocycles. The number of anilines is 1. The van der Waals surface area contributed by atoms with E-state index in [1.54, 1.807) is 19.1 Å². The molecule has 2 aromatic rings. The van der Waals surface area contributed by atoms with Crippen molar-refractivity contribution in [3.63, 3.8) is 0 Å². The van der Waals surface area contributed by atoms with Crippen molar-refractivity contribution in [2.24, 2.45) is 0 Å². The summed E-state index contributed by atoms with van der Waals surface area (Å²) in [6, 6.07) is 6.02. The fourth-order valence-corrected chi connectivity index (χ4v) is 2.25. The van der Waals surface area contributed by atoms with Crippen LogP contribution in [0.2, 0.25) is 0 Å². The summed E-state index contributed by atoms with van der Waals surface area (Å²) in [5, 5.41) is 16.8. The second-order valence-electron chi connectivity index (χ2n) is 5.51. The first kappa shape index (κ1) is 18.2. The van der Waals surface area contributed by atoms with Gasteiger partial charge in [0.25, 0.3) is 11.6 Å². The molecule has 8 heteroatoms. The van der Waals surface area contributed by atoms with Crippen LogP contribution in [-0.2, 0) is 0 Å². The van der Waals surface area contributed by atoms with Gasteiger partial charge in [-0.05, 0) is 38.5 Å². The summed E-state index contributed by atoms with van der Waals surface area (Å²) in [6.07, 6.45) is 2.02. The highest BCUT2D eigenvalue weighted by atomic mass is 16.6. The minimum Gasteiger partial charge on any atom is -0.459 e. The zero-order chi connectivity index (χ0) is 18.4. The number of rotatable bonds is 8.